The number of carbonyl (C=O) groups excluding carboxylic acids is 1. The molecule has 0 fully saturated rings. The van der Waals surface area contributed by atoms with Gasteiger partial charge in [-0.2, -0.15) is 10.4 Å². The molecule has 0 radical (unpaired) electrons. The number of nitrogens with two attached hydrogens (primary N) is 1. The summed E-state index contributed by atoms with van der Waals surface area (Å²) >= 11 is 0. The van der Waals surface area contributed by atoms with Crippen molar-refractivity contribution in [2.75, 3.05) is 25.1 Å². The van der Waals surface area contributed by atoms with Crippen molar-refractivity contribution in [1.82, 2.24) is 14.7 Å². The van der Waals surface area contributed by atoms with E-state index in [-0.39, 0.29) is 23.7 Å². The van der Waals surface area contributed by atoms with Crippen molar-refractivity contribution in [2.45, 2.75) is 13.0 Å². The Bertz CT molecular complexity index is 1000. The van der Waals surface area contributed by atoms with Crippen molar-refractivity contribution in [1.29, 1.82) is 5.26 Å². The van der Waals surface area contributed by atoms with Crippen LogP contribution in [0.2, 0.25) is 0 Å². The SMILES string of the molecule is CN(C)Cc1ccc(NC(=O)Cc2nn(-c3ccccc3)c(N)c2C#N)cc1. The predicted octanol–water partition coefficient (Wildman–Crippen LogP) is 2.57. The molecule has 0 aliphatic rings. The van der Waals surface area contributed by atoms with Crippen LogP contribution in [0.15, 0.2) is 54.6 Å². The molecule has 28 heavy (non-hydrogen) atoms. The number of nitriles is 1. The first-order valence-electron chi connectivity index (χ1n) is 8.84. The molecule has 7 heteroatoms. The number of anilines is 2. The quantitative estimate of drug-likeness (QED) is 0.691. The monoisotopic (exact) mass is 374 g/mol. The number of carbonyl (C=O) groups is 1. The van der Waals surface area contributed by atoms with Crippen molar-refractivity contribution in [3.63, 3.8) is 0 Å². The average molecular weight is 374 g/mol. The molecule has 2 aromatic carbocycles. The smallest absolute Gasteiger partial charge is 0.230 e. The Morgan fingerprint density at radius 3 is 2.46 bits per heavy atom. The zero-order chi connectivity index (χ0) is 20.1. The Morgan fingerprint density at radius 2 is 1.86 bits per heavy atom. The zero-order valence-corrected chi connectivity index (χ0v) is 15.9. The van der Waals surface area contributed by atoms with Crippen LogP contribution in [0.25, 0.3) is 5.69 Å². The van der Waals surface area contributed by atoms with E-state index in [0.29, 0.717) is 11.4 Å². The van der Waals surface area contributed by atoms with Crippen molar-refractivity contribution in [3.8, 4) is 11.8 Å². The summed E-state index contributed by atoms with van der Waals surface area (Å²) in [6, 6.07) is 19.0. The van der Waals surface area contributed by atoms with Gasteiger partial charge in [-0.25, -0.2) is 4.68 Å². The molecule has 0 spiro atoms. The summed E-state index contributed by atoms with van der Waals surface area (Å²) in [6.45, 7) is 0.829. The summed E-state index contributed by atoms with van der Waals surface area (Å²) < 4.78 is 1.48. The first kappa shape index (κ1) is 19.1. The number of amides is 1. The van der Waals surface area contributed by atoms with Crippen LogP contribution in [0, 0.1) is 11.3 Å². The maximum Gasteiger partial charge on any atom is 0.230 e. The van der Waals surface area contributed by atoms with Gasteiger partial charge in [-0.15, -0.1) is 0 Å². The van der Waals surface area contributed by atoms with Crippen LogP contribution < -0.4 is 11.1 Å². The van der Waals surface area contributed by atoms with Crippen LogP contribution in [0.5, 0.6) is 0 Å². The van der Waals surface area contributed by atoms with Crippen molar-refractivity contribution in [3.05, 3.63) is 71.4 Å². The van der Waals surface area contributed by atoms with E-state index >= 15 is 0 Å². The van der Waals surface area contributed by atoms with E-state index in [2.05, 4.69) is 21.4 Å². The maximum atomic E-state index is 12.5. The Labute approximate surface area is 164 Å². The minimum absolute atomic E-state index is 0.0353. The molecule has 3 aromatic rings. The summed E-state index contributed by atoms with van der Waals surface area (Å²) in [6.07, 6.45) is -0.0353. The number of hydrogen-bond donors (Lipinski definition) is 2. The van der Waals surface area contributed by atoms with Gasteiger partial charge in [0.1, 0.15) is 17.5 Å². The molecule has 3 rings (SSSR count). The average Bonchev–Trinajstić information content (AvgIpc) is 2.98. The number of hydrogen-bond acceptors (Lipinski definition) is 5. The second-order valence-corrected chi connectivity index (χ2v) is 6.73. The molecule has 1 heterocycles. The van der Waals surface area contributed by atoms with E-state index < -0.39 is 0 Å². The Kier molecular flexibility index (Phi) is 5.72. The second kappa shape index (κ2) is 8.37. The lowest BCUT2D eigenvalue weighted by Gasteiger charge is -2.10. The van der Waals surface area contributed by atoms with Gasteiger partial charge in [0.05, 0.1) is 17.8 Å². The third kappa shape index (κ3) is 4.37. The van der Waals surface area contributed by atoms with E-state index in [1.54, 1.807) is 0 Å². The van der Waals surface area contributed by atoms with Crippen molar-refractivity contribution in [2.24, 2.45) is 0 Å². The maximum absolute atomic E-state index is 12.5. The fourth-order valence-corrected chi connectivity index (χ4v) is 2.91. The third-order valence-corrected chi connectivity index (χ3v) is 4.17. The number of aromatic nitrogens is 2. The summed E-state index contributed by atoms with van der Waals surface area (Å²) in [5.41, 5.74) is 9.24. The van der Waals surface area contributed by atoms with Crippen molar-refractivity contribution < 1.29 is 4.79 Å². The van der Waals surface area contributed by atoms with Gasteiger partial charge in [0.2, 0.25) is 5.91 Å². The number of nitrogens with zero attached hydrogens (tertiary/aromatic N) is 4. The van der Waals surface area contributed by atoms with Crippen LogP contribution >= 0.6 is 0 Å². The van der Waals surface area contributed by atoms with Crippen LogP contribution in [0.1, 0.15) is 16.8 Å². The molecule has 3 N–H and O–H groups in total. The van der Waals surface area contributed by atoms with Gasteiger partial charge in [-0.05, 0) is 43.9 Å². The first-order chi connectivity index (χ1) is 13.5. The Hall–Kier alpha value is -3.63. The van der Waals surface area contributed by atoms with Gasteiger partial charge in [-0.3, -0.25) is 4.79 Å². The fourth-order valence-electron chi connectivity index (χ4n) is 2.91. The molecule has 1 amide bonds. The Morgan fingerprint density at radius 1 is 1.18 bits per heavy atom. The molecule has 0 unspecified atom stereocenters. The highest BCUT2D eigenvalue weighted by Crippen LogP contribution is 2.21. The van der Waals surface area contributed by atoms with Gasteiger partial charge in [0.25, 0.3) is 0 Å². The highest BCUT2D eigenvalue weighted by molar-refractivity contribution is 5.92. The van der Waals surface area contributed by atoms with Crippen LogP contribution in [0.3, 0.4) is 0 Å². The van der Waals surface area contributed by atoms with Crippen molar-refractivity contribution >= 4 is 17.4 Å². The van der Waals surface area contributed by atoms with Gasteiger partial charge >= 0.3 is 0 Å². The van der Waals surface area contributed by atoms with E-state index in [9.17, 15) is 10.1 Å². The van der Waals surface area contributed by atoms with Gasteiger partial charge in [0, 0.05) is 12.2 Å². The molecule has 0 saturated heterocycles. The minimum atomic E-state index is -0.255. The highest BCUT2D eigenvalue weighted by Gasteiger charge is 2.19. The Balaban J connectivity index is 1.74. The molecule has 142 valence electrons. The fraction of sp³-hybridized carbons (Fsp3) is 0.190. The molecule has 0 aliphatic carbocycles. The molecule has 1 aromatic heterocycles. The summed E-state index contributed by atoms with van der Waals surface area (Å²) in [4.78, 5) is 14.5. The molecule has 7 nitrogen and oxygen atoms in total. The van der Waals surface area contributed by atoms with Gasteiger partial charge < -0.3 is 16.0 Å². The molecule has 0 bridgehead atoms. The highest BCUT2D eigenvalue weighted by atomic mass is 16.1. The number of nitrogen functional groups attached to an aromatic ring is 1. The largest absolute Gasteiger partial charge is 0.382 e. The van der Waals surface area contributed by atoms with E-state index in [1.807, 2.05) is 68.7 Å². The lowest BCUT2D eigenvalue weighted by Crippen LogP contribution is -2.16. The first-order valence-corrected chi connectivity index (χ1v) is 8.84. The minimum Gasteiger partial charge on any atom is -0.382 e. The van der Waals surface area contributed by atoms with E-state index in [1.165, 1.54) is 4.68 Å². The summed E-state index contributed by atoms with van der Waals surface area (Å²) in [5, 5.41) is 16.7. The van der Waals surface area contributed by atoms with Gasteiger partial charge in [-0.1, -0.05) is 30.3 Å². The lowest BCUT2D eigenvalue weighted by molar-refractivity contribution is -0.115. The zero-order valence-electron chi connectivity index (χ0n) is 15.9. The third-order valence-electron chi connectivity index (χ3n) is 4.17. The number of para-hydroxylation sites is 1. The summed E-state index contributed by atoms with van der Waals surface area (Å²) in [7, 11) is 4.01. The molecular weight excluding hydrogens is 352 g/mol. The van der Waals surface area contributed by atoms with E-state index in [0.717, 1.165) is 17.8 Å². The lowest BCUT2D eigenvalue weighted by atomic mass is 10.1. The number of rotatable bonds is 6. The number of benzene rings is 2. The topological polar surface area (TPSA) is 100.0 Å². The normalized spacial score (nSPS) is 10.6. The molecular formula is C21H22N6O. The standard InChI is InChI=1S/C21H22N6O/c1-26(2)14-15-8-10-16(11-9-15)24-20(28)12-19-18(13-22)21(23)27(25-19)17-6-4-3-5-7-17/h3-11H,12,14,23H2,1-2H3,(H,24,28). The molecule has 0 saturated carbocycles. The predicted molar refractivity (Wildman–Crippen MR) is 109 cm³/mol. The molecule has 0 atom stereocenters. The summed E-state index contributed by atoms with van der Waals surface area (Å²) in [5.74, 6) is -0.0286. The van der Waals surface area contributed by atoms with Crippen LogP contribution in [-0.4, -0.2) is 34.7 Å². The van der Waals surface area contributed by atoms with Crippen LogP contribution in [-0.2, 0) is 17.8 Å². The van der Waals surface area contributed by atoms with Crippen LogP contribution in [0.4, 0.5) is 11.5 Å². The van der Waals surface area contributed by atoms with E-state index in [4.69, 9.17) is 5.73 Å². The second-order valence-electron chi connectivity index (χ2n) is 6.73. The van der Waals surface area contributed by atoms with Gasteiger partial charge in [0.15, 0.2) is 0 Å². The number of nitrogens with one attached hydrogen (secondary N) is 1. The molecule has 0 aliphatic heterocycles.